The zero-order chi connectivity index (χ0) is 17.5. The Morgan fingerprint density at radius 3 is 2.42 bits per heavy atom. The van der Waals surface area contributed by atoms with Crippen molar-refractivity contribution in [2.45, 2.75) is 20.4 Å². The third-order valence-corrected chi connectivity index (χ3v) is 3.44. The van der Waals surface area contributed by atoms with E-state index in [1.807, 2.05) is 32.0 Å². The lowest BCUT2D eigenvalue weighted by Gasteiger charge is -2.11. The van der Waals surface area contributed by atoms with Crippen molar-refractivity contribution in [3.8, 4) is 0 Å². The zero-order valence-corrected chi connectivity index (χ0v) is 13.7. The molecule has 3 amide bonds. The highest BCUT2D eigenvalue weighted by Crippen LogP contribution is 2.15. The minimum absolute atomic E-state index is 0.136. The van der Waals surface area contributed by atoms with Crippen LogP contribution in [0.3, 0.4) is 0 Å². The first-order chi connectivity index (χ1) is 11.4. The molecule has 0 aromatic heterocycles. The fourth-order valence-electron chi connectivity index (χ4n) is 2.07. The molecular formula is C18H20FN3O2. The van der Waals surface area contributed by atoms with E-state index in [9.17, 15) is 14.0 Å². The molecule has 0 saturated carbocycles. The number of carbonyl (C=O) groups excluding carboxylic acids is 2. The number of amides is 3. The lowest BCUT2D eigenvalue weighted by atomic mass is 10.1. The number of carbonyl (C=O) groups is 2. The van der Waals surface area contributed by atoms with Crippen LogP contribution in [-0.2, 0) is 11.3 Å². The number of benzene rings is 2. The van der Waals surface area contributed by atoms with Gasteiger partial charge < -0.3 is 16.0 Å². The lowest BCUT2D eigenvalue weighted by Crippen LogP contribution is -2.39. The predicted octanol–water partition coefficient (Wildman–Crippen LogP) is 2.88. The number of nitrogens with one attached hydrogen (secondary N) is 3. The van der Waals surface area contributed by atoms with E-state index >= 15 is 0 Å². The Labute approximate surface area is 140 Å². The monoisotopic (exact) mass is 329 g/mol. The van der Waals surface area contributed by atoms with Gasteiger partial charge in [0.15, 0.2) is 0 Å². The summed E-state index contributed by atoms with van der Waals surface area (Å²) in [5.41, 5.74) is 3.50. The third kappa shape index (κ3) is 5.39. The second kappa shape index (κ2) is 8.10. The van der Waals surface area contributed by atoms with E-state index in [4.69, 9.17) is 0 Å². The van der Waals surface area contributed by atoms with E-state index in [1.165, 1.54) is 12.1 Å². The first kappa shape index (κ1) is 17.5. The van der Waals surface area contributed by atoms with E-state index in [0.29, 0.717) is 0 Å². The number of urea groups is 1. The summed E-state index contributed by atoms with van der Waals surface area (Å²) < 4.78 is 12.8. The van der Waals surface area contributed by atoms with Crippen molar-refractivity contribution in [1.82, 2.24) is 10.6 Å². The van der Waals surface area contributed by atoms with Crippen LogP contribution < -0.4 is 16.0 Å². The van der Waals surface area contributed by atoms with Gasteiger partial charge in [0.05, 0.1) is 6.54 Å². The number of anilines is 1. The number of rotatable bonds is 5. The minimum Gasteiger partial charge on any atom is -0.334 e. The van der Waals surface area contributed by atoms with Gasteiger partial charge in [-0.2, -0.15) is 0 Å². The highest BCUT2D eigenvalue weighted by molar-refractivity contribution is 5.94. The Balaban J connectivity index is 1.75. The Morgan fingerprint density at radius 2 is 1.71 bits per heavy atom. The SMILES string of the molecule is Cc1ccc(C)c(NC(=O)CNC(=O)NCc2ccc(F)cc2)c1. The average Bonchev–Trinajstić information content (AvgIpc) is 2.56. The van der Waals surface area contributed by atoms with Crippen molar-refractivity contribution in [1.29, 1.82) is 0 Å². The van der Waals surface area contributed by atoms with Gasteiger partial charge in [-0.1, -0.05) is 24.3 Å². The molecule has 2 aromatic rings. The molecule has 0 fully saturated rings. The lowest BCUT2D eigenvalue weighted by molar-refractivity contribution is -0.115. The van der Waals surface area contributed by atoms with Crippen LogP contribution in [0.2, 0.25) is 0 Å². The summed E-state index contributed by atoms with van der Waals surface area (Å²) in [5.74, 6) is -0.632. The van der Waals surface area contributed by atoms with Crippen LogP contribution in [0.25, 0.3) is 0 Å². The van der Waals surface area contributed by atoms with E-state index in [0.717, 1.165) is 22.4 Å². The Kier molecular flexibility index (Phi) is 5.89. The molecule has 24 heavy (non-hydrogen) atoms. The molecule has 0 spiro atoms. The van der Waals surface area contributed by atoms with Crippen molar-refractivity contribution in [3.05, 3.63) is 65.0 Å². The van der Waals surface area contributed by atoms with Gasteiger partial charge >= 0.3 is 6.03 Å². The van der Waals surface area contributed by atoms with Gasteiger partial charge in [0.1, 0.15) is 5.82 Å². The second-order valence-corrected chi connectivity index (χ2v) is 5.53. The Morgan fingerprint density at radius 1 is 1.00 bits per heavy atom. The minimum atomic E-state index is -0.463. The molecule has 2 aromatic carbocycles. The molecule has 0 aliphatic rings. The van der Waals surface area contributed by atoms with E-state index in [-0.39, 0.29) is 24.8 Å². The number of hydrogen-bond donors (Lipinski definition) is 3. The summed E-state index contributed by atoms with van der Waals surface area (Å²) in [6.45, 7) is 3.96. The van der Waals surface area contributed by atoms with Crippen molar-refractivity contribution in [2.75, 3.05) is 11.9 Å². The quantitative estimate of drug-likeness (QED) is 0.789. The second-order valence-electron chi connectivity index (χ2n) is 5.53. The van der Waals surface area contributed by atoms with Gasteiger partial charge in [0, 0.05) is 12.2 Å². The molecular weight excluding hydrogens is 309 g/mol. The van der Waals surface area contributed by atoms with Crippen molar-refractivity contribution in [2.24, 2.45) is 0 Å². The Bertz CT molecular complexity index is 730. The molecule has 0 bridgehead atoms. The summed E-state index contributed by atoms with van der Waals surface area (Å²) >= 11 is 0. The topological polar surface area (TPSA) is 70.2 Å². The fourth-order valence-corrected chi connectivity index (χ4v) is 2.07. The Hall–Kier alpha value is -2.89. The van der Waals surface area contributed by atoms with Gasteiger partial charge in [-0.05, 0) is 48.7 Å². The van der Waals surface area contributed by atoms with E-state index in [1.54, 1.807) is 12.1 Å². The average molecular weight is 329 g/mol. The summed E-state index contributed by atoms with van der Waals surface area (Å²) in [4.78, 5) is 23.6. The highest BCUT2D eigenvalue weighted by atomic mass is 19.1. The maximum atomic E-state index is 12.8. The van der Waals surface area contributed by atoms with E-state index in [2.05, 4.69) is 16.0 Å². The van der Waals surface area contributed by atoms with Gasteiger partial charge in [-0.3, -0.25) is 4.79 Å². The molecule has 0 aliphatic heterocycles. The molecule has 0 aliphatic carbocycles. The molecule has 0 saturated heterocycles. The molecule has 126 valence electrons. The van der Waals surface area contributed by atoms with E-state index < -0.39 is 6.03 Å². The smallest absolute Gasteiger partial charge is 0.315 e. The zero-order valence-electron chi connectivity index (χ0n) is 13.7. The van der Waals surface area contributed by atoms with Crippen LogP contribution in [-0.4, -0.2) is 18.5 Å². The first-order valence-electron chi connectivity index (χ1n) is 7.57. The van der Waals surface area contributed by atoms with Gasteiger partial charge in [0.2, 0.25) is 5.91 Å². The molecule has 5 nitrogen and oxygen atoms in total. The van der Waals surface area contributed by atoms with Gasteiger partial charge in [0.25, 0.3) is 0 Å². The molecule has 0 unspecified atom stereocenters. The third-order valence-electron chi connectivity index (χ3n) is 3.44. The van der Waals surface area contributed by atoms with Gasteiger partial charge in [-0.25, -0.2) is 9.18 Å². The van der Waals surface area contributed by atoms with Crippen LogP contribution in [0.5, 0.6) is 0 Å². The van der Waals surface area contributed by atoms with Crippen LogP contribution in [0.1, 0.15) is 16.7 Å². The molecule has 0 radical (unpaired) electrons. The predicted molar refractivity (Wildman–Crippen MR) is 91.2 cm³/mol. The van der Waals surface area contributed by atoms with Crippen LogP contribution in [0.15, 0.2) is 42.5 Å². The summed E-state index contributed by atoms with van der Waals surface area (Å²) in [7, 11) is 0. The number of hydrogen-bond acceptors (Lipinski definition) is 2. The van der Waals surface area contributed by atoms with Crippen LogP contribution in [0, 0.1) is 19.7 Å². The number of aryl methyl sites for hydroxylation is 2. The maximum absolute atomic E-state index is 12.8. The molecule has 0 heterocycles. The highest BCUT2D eigenvalue weighted by Gasteiger charge is 2.07. The summed E-state index contributed by atoms with van der Waals surface area (Å²) in [6.07, 6.45) is 0. The molecule has 0 atom stereocenters. The summed E-state index contributed by atoms with van der Waals surface area (Å²) in [5, 5.41) is 7.85. The molecule has 2 rings (SSSR count). The normalized spacial score (nSPS) is 10.1. The van der Waals surface area contributed by atoms with Gasteiger partial charge in [-0.15, -0.1) is 0 Å². The first-order valence-corrected chi connectivity index (χ1v) is 7.57. The fraction of sp³-hybridized carbons (Fsp3) is 0.222. The molecule has 3 N–H and O–H groups in total. The largest absolute Gasteiger partial charge is 0.334 e. The standard InChI is InChI=1S/C18H20FN3O2/c1-12-3-4-13(2)16(9-12)22-17(23)11-21-18(24)20-10-14-5-7-15(19)8-6-14/h3-9H,10-11H2,1-2H3,(H,22,23)(H2,20,21,24). The molecule has 6 heteroatoms. The van der Waals surface area contributed by atoms with Crippen LogP contribution >= 0.6 is 0 Å². The summed E-state index contributed by atoms with van der Waals surface area (Å²) in [6, 6.07) is 11.1. The number of halogens is 1. The van der Waals surface area contributed by atoms with Crippen molar-refractivity contribution < 1.29 is 14.0 Å². The maximum Gasteiger partial charge on any atom is 0.315 e. The van der Waals surface area contributed by atoms with Crippen molar-refractivity contribution >= 4 is 17.6 Å². The van der Waals surface area contributed by atoms with Crippen molar-refractivity contribution in [3.63, 3.8) is 0 Å². The van der Waals surface area contributed by atoms with Crippen LogP contribution in [0.4, 0.5) is 14.9 Å².